The molecule has 0 amide bonds. The van der Waals surface area contributed by atoms with Crippen molar-refractivity contribution < 1.29 is 19.0 Å². The van der Waals surface area contributed by atoms with Gasteiger partial charge in [0.15, 0.2) is 11.9 Å². The van der Waals surface area contributed by atoms with Gasteiger partial charge in [0.1, 0.15) is 30.2 Å². The number of pyridine rings is 1. The lowest BCUT2D eigenvalue weighted by Crippen LogP contribution is -2.26. The summed E-state index contributed by atoms with van der Waals surface area (Å²) < 4.78 is 20.3. The third kappa shape index (κ3) is 3.72. The van der Waals surface area contributed by atoms with E-state index in [9.17, 15) is 4.79 Å². The fraction of sp³-hybridized carbons (Fsp3) is 0.450. The molecule has 0 fully saturated rings. The zero-order valence-electron chi connectivity index (χ0n) is 17.4. The molecule has 158 valence electrons. The number of ether oxygens (including phenoxy) is 3. The highest BCUT2D eigenvalue weighted by Crippen LogP contribution is 2.35. The van der Waals surface area contributed by atoms with Crippen LogP contribution in [0.15, 0.2) is 24.8 Å². The Labute approximate surface area is 173 Å². The highest BCUT2D eigenvalue weighted by atomic mass is 16.6. The van der Waals surface area contributed by atoms with Gasteiger partial charge in [-0.2, -0.15) is 5.10 Å². The zero-order valence-corrected chi connectivity index (χ0v) is 17.4. The Morgan fingerprint density at radius 1 is 1.27 bits per heavy atom. The van der Waals surface area contributed by atoms with Crippen molar-refractivity contribution in [2.75, 3.05) is 13.2 Å². The van der Waals surface area contributed by atoms with E-state index in [1.165, 1.54) is 6.33 Å². The van der Waals surface area contributed by atoms with Gasteiger partial charge in [0.25, 0.3) is 0 Å². The van der Waals surface area contributed by atoms with Crippen LogP contribution in [0.1, 0.15) is 33.7 Å². The molecule has 0 aromatic carbocycles. The summed E-state index contributed by atoms with van der Waals surface area (Å²) in [6, 6.07) is 1.84. The largest absolute Gasteiger partial charge is 0.491 e. The average molecular weight is 412 g/mol. The molecule has 10 heteroatoms. The standard InChI is InChI=1S/C20H24N6O4/c1-5-28-20(27)13(4)30-17-8-16-14(9-21-17)18-24-15(10-25(18)6-7-29-16)19-22-11-23-26(19)12(2)3/h8-13H,5-7H2,1-4H3/t13-/m1/s1. The Kier molecular flexibility index (Phi) is 5.39. The van der Waals surface area contributed by atoms with Crippen LogP contribution in [-0.2, 0) is 16.1 Å². The molecule has 30 heavy (non-hydrogen) atoms. The van der Waals surface area contributed by atoms with Gasteiger partial charge < -0.3 is 18.8 Å². The third-order valence-electron chi connectivity index (χ3n) is 4.66. The summed E-state index contributed by atoms with van der Waals surface area (Å²) in [4.78, 5) is 25.3. The van der Waals surface area contributed by atoms with Gasteiger partial charge in [-0.05, 0) is 27.7 Å². The molecule has 0 saturated carbocycles. The molecular formula is C20H24N6O4. The van der Waals surface area contributed by atoms with Crippen molar-refractivity contribution in [3.63, 3.8) is 0 Å². The number of fused-ring (bicyclic) bond motifs is 3. The van der Waals surface area contributed by atoms with Gasteiger partial charge in [-0.25, -0.2) is 24.4 Å². The minimum atomic E-state index is -0.766. The fourth-order valence-corrected chi connectivity index (χ4v) is 3.23. The predicted octanol–water partition coefficient (Wildman–Crippen LogP) is 2.51. The van der Waals surface area contributed by atoms with Crippen molar-refractivity contribution >= 4 is 5.97 Å². The lowest BCUT2D eigenvalue weighted by atomic mass is 10.2. The summed E-state index contributed by atoms with van der Waals surface area (Å²) >= 11 is 0. The lowest BCUT2D eigenvalue weighted by molar-refractivity contribution is -0.150. The SMILES string of the molecule is CCOC(=O)[C@@H](C)Oc1cc2c(cn1)-c1nc(-c3ncnn3C(C)C)cn1CCO2. The van der Waals surface area contributed by atoms with Crippen molar-refractivity contribution in [3.8, 4) is 34.5 Å². The first kappa shape index (κ1) is 19.9. The summed E-state index contributed by atoms with van der Waals surface area (Å²) in [5, 5.41) is 4.29. The second kappa shape index (κ2) is 8.13. The van der Waals surface area contributed by atoms with E-state index in [1.54, 1.807) is 26.1 Å². The number of hydrogen-bond acceptors (Lipinski definition) is 8. The summed E-state index contributed by atoms with van der Waals surface area (Å²) in [5.41, 5.74) is 1.48. The topological polar surface area (TPSA) is 106 Å². The van der Waals surface area contributed by atoms with Crippen LogP contribution >= 0.6 is 0 Å². The van der Waals surface area contributed by atoms with Crippen LogP contribution < -0.4 is 9.47 Å². The summed E-state index contributed by atoms with van der Waals surface area (Å²) in [6.45, 7) is 8.85. The number of nitrogens with zero attached hydrogens (tertiary/aromatic N) is 6. The molecule has 0 saturated heterocycles. The van der Waals surface area contributed by atoms with Gasteiger partial charge in [0, 0.05) is 24.5 Å². The minimum absolute atomic E-state index is 0.169. The number of esters is 1. The Morgan fingerprint density at radius 3 is 2.87 bits per heavy atom. The van der Waals surface area contributed by atoms with E-state index in [-0.39, 0.29) is 11.9 Å². The maximum Gasteiger partial charge on any atom is 0.347 e. The molecule has 0 spiro atoms. The second-order valence-electron chi connectivity index (χ2n) is 7.14. The average Bonchev–Trinajstić information content (AvgIpc) is 3.32. The third-order valence-corrected chi connectivity index (χ3v) is 4.66. The molecule has 1 aliphatic rings. The van der Waals surface area contributed by atoms with E-state index < -0.39 is 12.1 Å². The molecular weight excluding hydrogens is 388 g/mol. The first-order valence-corrected chi connectivity index (χ1v) is 9.91. The van der Waals surface area contributed by atoms with Gasteiger partial charge in [0.05, 0.1) is 18.7 Å². The Balaban J connectivity index is 1.65. The molecule has 1 atom stereocenters. The Morgan fingerprint density at radius 2 is 2.10 bits per heavy atom. The van der Waals surface area contributed by atoms with Crippen molar-refractivity contribution in [3.05, 3.63) is 24.8 Å². The van der Waals surface area contributed by atoms with Crippen LogP contribution in [0, 0.1) is 0 Å². The van der Waals surface area contributed by atoms with Crippen molar-refractivity contribution in [1.29, 1.82) is 0 Å². The smallest absolute Gasteiger partial charge is 0.347 e. The number of aromatic nitrogens is 6. The molecule has 0 N–H and O–H groups in total. The van der Waals surface area contributed by atoms with Crippen molar-refractivity contribution in [1.82, 2.24) is 29.3 Å². The number of imidazole rings is 1. The van der Waals surface area contributed by atoms with Crippen molar-refractivity contribution in [2.45, 2.75) is 46.4 Å². The molecule has 1 aliphatic heterocycles. The van der Waals surface area contributed by atoms with Crippen LogP contribution in [-0.4, -0.2) is 54.6 Å². The van der Waals surface area contributed by atoms with Crippen LogP contribution in [0.5, 0.6) is 11.6 Å². The van der Waals surface area contributed by atoms with Crippen LogP contribution in [0.25, 0.3) is 22.9 Å². The number of carbonyl (C=O) groups is 1. The molecule has 0 bridgehead atoms. The highest BCUT2D eigenvalue weighted by Gasteiger charge is 2.23. The fourth-order valence-electron chi connectivity index (χ4n) is 3.23. The van der Waals surface area contributed by atoms with Crippen LogP contribution in [0.4, 0.5) is 0 Å². The summed E-state index contributed by atoms with van der Waals surface area (Å²) in [7, 11) is 0. The summed E-state index contributed by atoms with van der Waals surface area (Å²) in [5.74, 6) is 1.88. The monoisotopic (exact) mass is 412 g/mol. The van der Waals surface area contributed by atoms with Crippen LogP contribution in [0.3, 0.4) is 0 Å². The van der Waals surface area contributed by atoms with E-state index in [0.29, 0.717) is 31.3 Å². The van der Waals surface area contributed by atoms with Gasteiger partial charge in [-0.1, -0.05) is 0 Å². The number of rotatable bonds is 6. The maximum atomic E-state index is 11.8. The van der Waals surface area contributed by atoms with E-state index in [2.05, 4.69) is 15.1 Å². The number of carbonyl (C=O) groups excluding carboxylic acids is 1. The van der Waals surface area contributed by atoms with E-state index in [1.807, 2.05) is 29.3 Å². The van der Waals surface area contributed by atoms with Gasteiger partial charge >= 0.3 is 5.97 Å². The summed E-state index contributed by atoms with van der Waals surface area (Å²) in [6.07, 6.45) is 4.36. The molecule has 4 heterocycles. The lowest BCUT2D eigenvalue weighted by Gasteiger charge is -2.14. The second-order valence-corrected chi connectivity index (χ2v) is 7.14. The normalized spacial score (nSPS) is 13.8. The van der Waals surface area contributed by atoms with E-state index in [0.717, 1.165) is 17.1 Å². The molecule has 0 aliphatic carbocycles. The van der Waals surface area contributed by atoms with Gasteiger partial charge in [-0.15, -0.1) is 0 Å². The Hall–Kier alpha value is -3.43. The van der Waals surface area contributed by atoms with Crippen LogP contribution in [0.2, 0.25) is 0 Å². The van der Waals surface area contributed by atoms with Gasteiger partial charge in [-0.3, -0.25) is 0 Å². The molecule has 0 unspecified atom stereocenters. The predicted molar refractivity (Wildman–Crippen MR) is 107 cm³/mol. The van der Waals surface area contributed by atoms with E-state index >= 15 is 0 Å². The first-order chi connectivity index (χ1) is 14.5. The zero-order chi connectivity index (χ0) is 21.3. The number of hydrogen-bond donors (Lipinski definition) is 0. The molecule has 10 nitrogen and oxygen atoms in total. The minimum Gasteiger partial charge on any atom is -0.491 e. The van der Waals surface area contributed by atoms with Gasteiger partial charge in [0.2, 0.25) is 5.88 Å². The Bertz CT molecular complexity index is 1060. The molecule has 4 rings (SSSR count). The quantitative estimate of drug-likeness (QED) is 0.569. The molecule has 0 radical (unpaired) electrons. The highest BCUT2D eigenvalue weighted by molar-refractivity contribution is 5.74. The first-order valence-electron chi connectivity index (χ1n) is 9.91. The van der Waals surface area contributed by atoms with E-state index in [4.69, 9.17) is 19.2 Å². The van der Waals surface area contributed by atoms with Crippen molar-refractivity contribution in [2.24, 2.45) is 0 Å². The molecule has 3 aromatic rings. The molecule has 3 aromatic heterocycles. The maximum absolute atomic E-state index is 11.8.